The molecule has 0 spiro atoms. The number of nitrogens with zero attached hydrogens (tertiary/aromatic N) is 4. The van der Waals surface area contributed by atoms with Crippen molar-refractivity contribution in [3.8, 4) is 0 Å². The molecular weight excluding hydrogens is 390 g/mol. The van der Waals surface area contributed by atoms with E-state index in [1.54, 1.807) is 0 Å². The van der Waals surface area contributed by atoms with Crippen molar-refractivity contribution in [1.29, 1.82) is 0 Å². The Bertz CT molecular complexity index is 885. The second-order valence-electron chi connectivity index (χ2n) is 8.59. The molecule has 2 aliphatic rings. The maximum atomic E-state index is 12.8. The Morgan fingerprint density at radius 3 is 2.48 bits per heavy atom. The predicted molar refractivity (Wildman–Crippen MR) is 124 cm³/mol. The first-order valence-corrected chi connectivity index (χ1v) is 11.6. The molecule has 0 atom stereocenters. The van der Waals surface area contributed by atoms with Gasteiger partial charge in [-0.3, -0.25) is 19.8 Å². The van der Waals surface area contributed by atoms with Gasteiger partial charge in [0.05, 0.1) is 12.1 Å². The molecule has 1 aromatic carbocycles. The molecule has 0 saturated carbocycles. The van der Waals surface area contributed by atoms with Gasteiger partial charge in [-0.1, -0.05) is 18.2 Å². The first kappa shape index (κ1) is 21.9. The molecule has 7 heteroatoms. The van der Waals surface area contributed by atoms with Gasteiger partial charge in [0.25, 0.3) is 5.91 Å². The third-order valence-electron chi connectivity index (χ3n) is 6.39. The number of unbranched alkanes of at least 4 members (excludes halogenated alkanes) is 1. The molecule has 1 amide bonds. The highest BCUT2D eigenvalue weighted by atomic mass is 16.3. The zero-order valence-corrected chi connectivity index (χ0v) is 18.4. The van der Waals surface area contributed by atoms with Crippen molar-refractivity contribution in [3.05, 3.63) is 48.3 Å². The van der Waals surface area contributed by atoms with Crippen LogP contribution in [0.5, 0.6) is 0 Å². The Hall–Kier alpha value is -2.35. The van der Waals surface area contributed by atoms with E-state index in [9.17, 15) is 4.79 Å². The monoisotopic (exact) mass is 425 g/mol. The molecule has 2 N–H and O–H groups in total. The summed E-state index contributed by atoms with van der Waals surface area (Å²) in [6, 6.07) is 10.1. The van der Waals surface area contributed by atoms with Crippen LogP contribution in [0.3, 0.4) is 0 Å². The highest BCUT2D eigenvalue weighted by Crippen LogP contribution is 2.18. The second-order valence-corrected chi connectivity index (χ2v) is 8.59. The lowest BCUT2D eigenvalue weighted by Crippen LogP contribution is -2.47. The van der Waals surface area contributed by atoms with Gasteiger partial charge in [0.1, 0.15) is 0 Å². The Morgan fingerprint density at radius 1 is 0.935 bits per heavy atom. The minimum Gasteiger partial charge on any atom is -0.395 e. The van der Waals surface area contributed by atoms with Gasteiger partial charge in [0.2, 0.25) is 0 Å². The maximum absolute atomic E-state index is 12.8. The third kappa shape index (κ3) is 5.87. The van der Waals surface area contributed by atoms with E-state index < -0.39 is 0 Å². The molecule has 3 heterocycles. The van der Waals surface area contributed by atoms with E-state index >= 15 is 0 Å². The first-order valence-electron chi connectivity index (χ1n) is 11.6. The maximum Gasteiger partial charge on any atom is 0.267 e. The van der Waals surface area contributed by atoms with Crippen LogP contribution in [0.2, 0.25) is 0 Å². The standard InChI is InChI=1S/C24H35N5O2/c30-19-18-27-16-14-26(15-17-27)10-3-4-11-28-12-5-7-22(20-28)24(31)25-29-13-9-21-6-1-2-8-23(21)29/h1-2,6,8-9,13,20,30H,3-5,7,10-12,14-19H2,(H,25,31). The number of nitrogens with one attached hydrogen (secondary N) is 1. The number of carbonyl (C=O) groups is 1. The van der Waals surface area contributed by atoms with E-state index in [0.29, 0.717) is 0 Å². The molecule has 0 aliphatic carbocycles. The van der Waals surface area contributed by atoms with Crippen LogP contribution in [0.15, 0.2) is 48.3 Å². The molecule has 7 nitrogen and oxygen atoms in total. The summed E-state index contributed by atoms with van der Waals surface area (Å²) in [7, 11) is 0. The number of amides is 1. The fourth-order valence-corrected chi connectivity index (χ4v) is 4.56. The molecule has 1 aromatic heterocycles. The number of rotatable bonds is 9. The van der Waals surface area contributed by atoms with Gasteiger partial charge in [-0.05, 0) is 44.4 Å². The fourth-order valence-electron chi connectivity index (χ4n) is 4.56. The Labute approximate surface area is 184 Å². The summed E-state index contributed by atoms with van der Waals surface area (Å²) in [5, 5.41) is 10.2. The Kier molecular flexibility index (Phi) is 7.61. The lowest BCUT2D eigenvalue weighted by molar-refractivity contribution is -0.114. The van der Waals surface area contributed by atoms with Gasteiger partial charge >= 0.3 is 0 Å². The van der Waals surface area contributed by atoms with E-state index in [1.165, 1.54) is 6.42 Å². The normalized spacial score (nSPS) is 18.4. The predicted octanol–water partition coefficient (Wildman–Crippen LogP) is 2.08. The van der Waals surface area contributed by atoms with Crippen molar-refractivity contribution < 1.29 is 9.90 Å². The van der Waals surface area contributed by atoms with E-state index in [2.05, 4.69) is 32.4 Å². The van der Waals surface area contributed by atoms with Crippen LogP contribution in [0.1, 0.15) is 25.7 Å². The van der Waals surface area contributed by atoms with Crippen LogP contribution < -0.4 is 5.43 Å². The van der Waals surface area contributed by atoms with Crippen LogP contribution in [-0.4, -0.2) is 89.4 Å². The van der Waals surface area contributed by atoms with Crippen LogP contribution in [0.4, 0.5) is 0 Å². The van der Waals surface area contributed by atoms with Crippen molar-refractivity contribution in [2.45, 2.75) is 25.7 Å². The summed E-state index contributed by atoms with van der Waals surface area (Å²) < 4.78 is 1.82. The quantitative estimate of drug-likeness (QED) is 0.603. The lowest BCUT2D eigenvalue weighted by Gasteiger charge is -2.34. The number of aliphatic hydroxyl groups is 1. The SMILES string of the molecule is O=C(Nn1ccc2ccccc21)C1=CN(CCCCN2CCN(CCO)CC2)CCC1. The largest absolute Gasteiger partial charge is 0.395 e. The molecule has 0 unspecified atom stereocenters. The summed E-state index contributed by atoms with van der Waals surface area (Å²) in [4.78, 5) is 20.0. The van der Waals surface area contributed by atoms with Gasteiger partial charge in [0, 0.05) is 69.2 Å². The molecule has 2 aromatic rings. The number of para-hydroxylation sites is 1. The molecule has 4 rings (SSSR count). The number of hydrogen-bond donors (Lipinski definition) is 2. The molecule has 2 aliphatic heterocycles. The van der Waals surface area contributed by atoms with Crippen LogP contribution in [0.25, 0.3) is 10.9 Å². The zero-order valence-electron chi connectivity index (χ0n) is 18.4. The number of carbonyl (C=O) groups excluding carboxylic acids is 1. The number of hydrogen-bond acceptors (Lipinski definition) is 5. The van der Waals surface area contributed by atoms with Crippen molar-refractivity contribution in [3.63, 3.8) is 0 Å². The molecule has 0 bridgehead atoms. The minimum atomic E-state index is -0.00759. The van der Waals surface area contributed by atoms with Gasteiger partial charge in [-0.15, -0.1) is 0 Å². The van der Waals surface area contributed by atoms with Crippen LogP contribution in [-0.2, 0) is 4.79 Å². The number of aliphatic hydroxyl groups excluding tert-OH is 1. The second kappa shape index (κ2) is 10.8. The smallest absolute Gasteiger partial charge is 0.267 e. The van der Waals surface area contributed by atoms with E-state index in [1.807, 2.05) is 35.1 Å². The lowest BCUT2D eigenvalue weighted by atomic mass is 10.1. The van der Waals surface area contributed by atoms with Gasteiger partial charge < -0.3 is 14.9 Å². The first-order chi connectivity index (χ1) is 15.2. The van der Waals surface area contributed by atoms with Gasteiger partial charge in [-0.2, -0.15) is 0 Å². The molecule has 31 heavy (non-hydrogen) atoms. The van der Waals surface area contributed by atoms with E-state index in [0.717, 1.165) is 88.1 Å². The number of β-amino-alcohol motifs (C(OH)–C–C–N with tert-alkyl or cyclic N) is 1. The number of piperazine rings is 1. The molecule has 1 saturated heterocycles. The van der Waals surface area contributed by atoms with Crippen molar-refractivity contribution in [2.24, 2.45) is 0 Å². The number of benzene rings is 1. The third-order valence-corrected chi connectivity index (χ3v) is 6.39. The molecule has 168 valence electrons. The highest BCUT2D eigenvalue weighted by Gasteiger charge is 2.18. The van der Waals surface area contributed by atoms with Crippen LogP contribution in [0, 0.1) is 0 Å². The summed E-state index contributed by atoms with van der Waals surface area (Å²) in [5.74, 6) is -0.00759. The fraction of sp³-hybridized carbons (Fsp3) is 0.542. The summed E-state index contributed by atoms with van der Waals surface area (Å²) in [6.45, 7) is 8.55. The molecule has 1 fully saturated rings. The topological polar surface area (TPSA) is 64.0 Å². The summed E-state index contributed by atoms with van der Waals surface area (Å²) >= 11 is 0. The van der Waals surface area contributed by atoms with Gasteiger partial charge in [0.15, 0.2) is 0 Å². The average molecular weight is 426 g/mol. The number of aromatic nitrogens is 1. The zero-order chi connectivity index (χ0) is 21.5. The van der Waals surface area contributed by atoms with E-state index in [4.69, 9.17) is 5.11 Å². The van der Waals surface area contributed by atoms with Gasteiger partial charge in [-0.25, -0.2) is 0 Å². The average Bonchev–Trinajstić information content (AvgIpc) is 3.21. The molecule has 0 radical (unpaired) electrons. The van der Waals surface area contributed by atoms with Crippen LogP contribution >= 0.6 is 0 Å². The van der Waals surface area contributed by atoms with Crippen molar-refractivity contribution in [2.75, 3.05) is 64.4 Å². The van der Waals surface area contributed by atoms with Crippen molar-refractivity contribution in [1.82, 2.24) is 19.4 Å². The van der Waals surface area contributed by atoms with E-state index in [-0.39, 0.29) is 12.5 Å². The highest BCUT2D eigenvalue weighted by molar-refractivity contribution is 6.00. The van der Waals surface area contributed by atoms with Crippen molar-refractivity contribution >= 4 is 16.8 Å². The summed E-state index contributed by atoms with van der Waals surface area (Å²) in [5.41, 5.74) is 4.91. The summed E-state index contributed by atoms with van der Waals surface area (Å²) in [6.07, 6.45) is 8.16. The minimum absolute atomic E-state index is 0.00759. The number of fused-ring (bicyclic) bond motifs is 1. The Morgan fingerprint density at radius 2 is 1.68 bits per heavy atom. The molecular formula is C24H35N5O2. The Balaban J connectivity index is 1.21.